The summed E-state index contributed by atoms with van der Waals surface area (Å²) < 4.78 is 21.6. The van der Waals surface area contributed by atoms with E-state index in [1.807, 2.05) is 16.9 Å². The Kier molecular flexibility index (Phi) is 7.88. The lowest BCUT2D eigenvalue weighted by atomic mass is 10.0. The molecule has 3 heterocycles. The van der Waals surface area contributed by atoms with Crippen LogP contribution in [0.5, 0.6) is 5.75 Å². The molecule has 1 fully saturated rings. The molecule has 0 amide bonds. The molecule has 1 aliphatic heterocycles. The molecule has 1 aliphatic rings. The minimum atomic E-state index is -0.519. The molecule has 2 N–H and O–H groups in total. The van der Waals surface area contributed by atoms with Gasteiger partial charge in [0.1, 0.15) is 11.5 Å². The van der Waals surface area contributed by atoms with Crippen molar-refractivity contribution in [1.29, 1.82) is 0 Å². The largest absolute Gasteiger partial charge is 0.489 e. The number of benzene rings is 2. The number of pyridine rings is 1. The van der Waals surface area contributed by atoms with Crippen LogP contribution in [-0.4, -0.2) is 44.6 Å². The van der Waals surface area contributed by atoms with Crippen molar-refractivity contribution in [3.8, 4) is 17.0 Å². The van der Waals surface area contributed by atoms with E-state index in [0.29, 0.717) is 34.5 Å². The molecule has 0 spiro atoms. The second-order valence-electron chi connectivity index (χ2n) is 9.10. The van der Waals surface area contributed by atoms with Gasteiger partial charge < -0.3 is 10.5 Å². The summed E-state index contributed by atoms with van der Waals surface area (Å²) in [5.41, 5.74) is 9.29. The van der Waals surface area contributed by atoms with Crippen molar-refractivity contribution in [3.05, 3.63) is 87.9 Å². The Labute approximate surface area is 225 Å². The van der Waals surface area contributed by atoms with Gasteiger partial charge in [-0.2, -0.15) is 0 Å². The number of likely N-dealkylation sites (tertiary alicyclic amines) is 1. The predicted molar refractivity (Wildman–Crippen MR) is 143 cm³/mol. The van der Waals surface area contributed by atoms with Crippen molar-refractivity contribution >= 4 is 29.0 Å². The van der Waals surface area contributed by atoms with Crippen LogP contribution in [-0.2, 0) is 13.0 Å². The Bertz CT molecular complexity index is 1360. The van der Waals surface area contributed by atoms with Crippen LogP contribution < -0.4 is 10.5 Å². The highest BCUT2D eigenvalue weighted by molar-refractivity contribution is 6.36. The number of rotatable bonds is 8. The van der Waals surface area contributed by atoms with Gasteiger partial charge in [0.15, 0.2) is 11.6 Å². The highest BCUT2D eigenvalue weighted by atomic mass is 35.5. The van der Waals surface area contributed by atoms with Crippen LogP contribution in [0.3, 0.4) is 0 Å². The van der Waals surface area contributed by atoms with Gasteiger partial charge >= 0.3 is 0 Å². The third kappa shape index (κ3) is 6.04. The molecular weight excluding hydrogens is 514 g/mol. The SMILES string of the molecule is Nc1ncc(-c2cn(C3CCN(Cc4ccccc4)CC3)nn2)cc1OCCc1c(Cl)ccc(F)c1Cl. The second-order valence-corrected chi connectivity index (χ2v) is 9.89. The zero-order valence-electron chi connectivity index (χ0n) is 20.2. The lowest BCUT2D eigenvalue weighted by molar-refractivity contribution is 0.172. The number of hydrogen-bond donors (Lipinski definition) is 1. The molecule has 7 nitrogen and oxygen atoms in total. The highest BCUT2D eigenvalue weighted by Gasteiger charge is 2.22. The summed E-state index contributed by atoms with van der Waals surface area (Å²) in [5.74, 6) is 0.137. The Morgan fingerprint density at radius 2 is 1.86 bits per heavy atom. The summed E-state index contributed by atoms with van der Waals surface area (Å²) in [7, 11) is 0. The smallest absolute Gasteiger partial charge is 0.166 e. The number of anilines is 1. The van der Waals surface area contributed by atoms with Gasteiger partial charge in [0.2, 0.25) is 0 Å². The third-order valence-corrected chi connectivity index (χ3v) is 7.38. The zero-order chi connectivity index (χ0) is 25.8. The maximum absolute atomic E-state index is 13.8. The summed E-state index contributed by atoms with van der Waals surface area (Å²) in [5, 5.41) is 9.14. The van der Waals surface area contributed by atoms with Crippen LogP contribution in [0.25, 0.3) is 11.3 Å². The third-order valence-electron chi connectivity index (χ3n) is 6.62. The van der Waals surface area contributed by atoms with Crippen molar-refractivity contribution in [2.24, 2.45) is 0 Å². The monoisotopic (exact) mass is 540 g/mol. The fraction of sp³-hybridized carbons (Fsp3) is 0.296. The molecule has 37 heavy (non-hydrogen) atoms. The van der Waals surface area contributed by atoms with E-state index >= 15 is 0 Å². The Balaban J connectivity index is 1.20. The predicted octanol–water partition coefficient (Wildman–Crippen LogP) is 5.83. The molecule has 4 aromatic rings. The van der Waals surface area contributed by atoms with Crippen molar-refractivity contribution in [1.82, 2.24) is 24.9 Å². The van der Waals surface area contributed by atoms with Crippen LogP contribution in [0.4, 0.5) is 10.2 Å². The van der Waals surface area contributed by atoms with E-state index in [9.17, 15) is 4.39 Å². The van der Waals surface area contributed by atoms with Crippen molar-refractivity contribution < 1.29 is 9.13 Å². The molecule has 1 saturated heterocycles. The topological polar surface area (TPSA) is 82.1 Å². The van der Waals surface area contributed by atoms with Gasteiger partial charge in [0, 0.05) is 42.8 Å². The summed E-state index contributed by atoms with van der Waals surface area (Å²) >= 11 is 12.2. The fourth-order valence-electron chi connectivity index (χ4n) is 4.54. The molecule has 192 valence electrons. The molecule has 2 aromatic carbocycles. The van der Waals surface area contributed by atoms with Crippen LogP contribution >= 0.6 is 23.2 Å². The molecule has 2 aromatic heterocycles. The standard InChI is InChI=1S/C27H27Cl2FN6O/c28-22-6-7-23(30)26(29)21(22)10-13-37-25-14-19(15-32-27(25)31)24-17-36(34-33-24)20-8-11-35(12-9-20)16-18-4-2-1-3-5-18/h1-7,14-15,17,20H,8-13,16H2,(H2,31,32). The Morgan fingerprint density at radius 3 is 2.65 bits per heavy atom. The first kappa shape index (κ1) is 25.4. The quantitative estimate of drug-likeness (QED) is 0.283. The van der Waals surface area contributed by atoms with Crippen LogP contribution in [0.15, 0.2) is 60.9 Å². The highest BCUT2D eigenvalue weighted by Crippen LogP contribution is 2.30. The molecular formula is C27H27Cl2FN6O. The maximum Gasteiger partial charge on any atom is 0.166 e. The second kappa shape index (κ2) is 11.5. The average Bonchev–Trinajstić information content (AvgIpc) is 3.41. The fourth-order valence-corrected chi connectivity index (χ4v) is 5.10. The number of piperidine rings is 1. The number of hydrogen-bond acceptors (Lipinski definition) is 6. The first-order valence-electron chi connectivity index (χ1n) is 12.2. The van der Waals surface area contributed by atoms with Gasteiger partial charge in [0.25, 0.3) is 0 Å². The molecule has 0 bridgehead atoms. The number of aromatic nitrogens is 4. The summed E-state index contributed by atoms with van der Waals surface area (Å²) in [6.45, 7) is 3.19. The van der Waals surface area contributed by atoms with Crippen LogP contribution in [0.1, 0.15) is 30.0 Å². The molecule has 0 atom stereocenters. The first-order valence-corrected chi connectivity index (χ1v) is 12.9. The van der Waals surface area contributed by atoms with Crippen LogP contribution in [0, 0.1) is 5.82 Å². The maximum atomic E-state index is 13.8. The summed E-state index contributed by atoms with van der Waals surface area (Å²) in [4.78, 5) is 6.73. The lowest BCUT2D eigenvalue weighted by Crippen LogP contribution is -2.34. The van der Waals surface area contributed by atoms with Gasteiger partial charge in [-0.05, 0) is 42.2 Å². The number of nitrogens with zero attached hydrogens (tertiary/aromatic N) is 5. The number of nitrogen functional groups attached to an aromatic ring is 1. The van der Waals surface area contributed by atoms with E-state index < -0.39 is 5.82 Å². The van der Waals surface area contributed by atoms with Crippen molar-refractivity contribution in [3.63, 3.8) is 0 Å². The minimum absolute atomic E-state index is 0.00143. The Hall–Kier alpha value is -3.20. The number of nitrogens with two attached hydrogens (primary N) is 1. The van der Waals surface area contributed by atoms with Gasteiger partial charge in [-0.1, -0.05) is 58.7 Å². The van der Waals surface area contributed by atoms with E-state index in [2.05, 4.69) is 44.5 Å². The molecule has 0 radical (unpaired) electrons. The van der Waals surface area contributed by atoms with E-state index in [-0.39, 0.29) is 17.4 Å². The van der Waals surface area contributed by atoms with Gasteiger partial charge in [-0.25, -0.2) is 14.1 Å². The van der Waals surface area contributed by atoms with Gasteiger partial charge in [-0.3, -0.25) is 4.90 Å². The molecule has 10 heteroatoms. The number of ether oxygens (including phenoxy) is 1. The van der Waals surface area contributed by atoms with Crippen molar-refractivity contribution in [2.45, 2.75) is 31.8 Å². The Morgan fingerprint density at radius 1 is 1.08 bits per heavy atom. The molecule has 0 aliphatic carbocycles. The van der Waals surface area contributed by atoms with E-state index in [0.717, 1.165) is 38.0 Å². The minimum Gasteiger partial charge on any atom is -0.489 e. The summed E-state index contributed by atoms with van der Waals surface area (Å²) in [6.07, 6.45) is 5.93. The van der Waals surface area contributed by atoms with Gasteiger partial charge in [0.05, 0.1) is 23.9 Å². The zero-order valence-corrected chi connectivity index (χ0v) is 21.7. The van der Waals surface area contributed by atoms with E-state index in [4.69, 9.17) is 33.7 Å². The molecule has 0 saturated carbocycles. The first-order chi connectivity index (χ1) is 18.0. The normalized spacial score (nSPS) is 14.7. The van der Waals surface area contributed by atoms with Crippen LogP contribution in [0.2, 0.25) is 10.0 Å². The molecule has 5 rings (SSSR count). The lowest BCUT2D eigenvalue weighted by Gasteiger charge is -2.31. The molecule has 0 unspecified atom stereocenters. The van der Waals surface area contributed by atoms with E-state index in [1.165, 1.54) is 17.7 Å². The average molecular weight is 541 g/mol. The van der Waals surface area contributed by atoms with E-state index in [1.54, 1.807) is 12.3 Å². The summed E-state index contributed by atoms with van der Waals surface area (Å²) in [6, 6.07) is 15.3. The number of halogens is 3. The van der Waals surface area contributed by atoms with Gasteiger partial charge in [-0.15, -0.1) is 5.10 Å². The van der Waals surface area contributed by atoms with Crippen molar-refractivity contribution in [2.75, 3.05) is 25.4 Å².